The summed E-state index contributed by atoms with van der Waals surface area (Å²) in [6.45, 7) is 1.97. The molecule has 0 aliphatic rings. The van der Waals surface area contributed by atoms with Gasteiger partial charge in [-0.3, -0.25) is 0 Å². The van der Waals surface area contributed by atoms with Crippen LogP contribution in [0.15, 0.2) is 47.8 Å². The first-order chi connectivity index (χ1) is 7.77. The zero-order chi connectivity index (χ0) is 11.4. The molecule has 1 aromatic heterocycles. The highest BCUT2D eigenvalue weighted by Crippen LogP contribution is 2.27. The largest absolute Gasteiger partial charge is 0.483 e. The minimum atomic E-state index is -0.0672. The van der Waals surface area contributed by atoms with Gasteiger partial charge in [-0.05, 0) is 30.5 Å². The first kappa shape index (κ1) is 11.2. The second-order valence-corrected chi connectivity index (χ2v) is 4.71. The highest BCUT2D eigenvalue weighted by atomic mass is 32.1. The van der Waals surface area contributed by atoms with Crippen molar-refractivity contribution < 1.29 is 4.74 Å². The summed E-state index contributed by atoms with van der Waals surface area (Å²) in [5, 5.41) is 2.04. The molecule has 16 heavy (non-hydrogen) atoms. The minimum Gasteiger partial charge on any atom is -0.483 e. The third kappa shape index (κ3) is 2.62. The molecule has 2 N–H and O–H groups in total. The highest BCUT2D eigenvalue weighted by Gasteiger charge is 2.18. The number of nitrogens with two attached hydrogens (primary N) is 1. The lowest BCUT2D eigenvalue weighted by atomic mass is 10.1. The Morgan fingerprint density at radius 1 is 1.12 bits per heavy atom. The van der Waals surface area contributed by atoms with Crippen molar-refractivity contribution in [2.45, 2.75) is 19.1 Å². The fourth-order valence-corrected chi connectivity index (χ4v) is 2.39. The van der Waals surface area contributed by atoms with E-state index in [0.717, 1.165) is 5.75 Å². The zero-order valence-electron chi connectivity index (χ0n) is 9.17. The fraction of sp³-hybridized carbons (Fsp3) is 0.231. The molecule has 0 bridgehead atoms. The zero-order valence-corrected chi connectivity index (χ0v) is 9.98. The van der Waals surface area contributed by atoms with Gasteiger partial charge < -0.3 is 10.5 Å². The SMILES string of the molecule is CC(N)C(Oc1ccccc1)c1cccs1. The van der Waals surface area contributed by atoms with Crippen LogP contribution in [0.4, 0.5) is 0 Å². The molecule has 1 heterocycles. The topological polar surface area (TPSA) is 35.2 Å². The highest BCUT2D eigenvalue weighted by molar-refractivity contribution is 7.10. The lowest BCUT2D eigenvalue weighted by Crippen LogP contribution is -2.28. The van der Waals surface area contributed by atoms with E-state index < -0.39 is 0 Å². The van der Waals surface area contributed by atoms with Crippen LogP contribution in [-0.4, -0.2) is 6.04 Å². The fourth-order valence-electron chi connectivity index (χ4n) is 1.52. The maximum Gasteiger partial charge on any atom is 0.148 e. The Bertz CT molecular complexity index is 411. The van der Waals surface area contributed by atoms with Crippen LogP contribution in [0.2, 0.25) is 0 Å². The van der Waals surface area contributed by atoms with Crippen molar-refractivity contribution in [1.29, 1.82) is 0 Å². The van der Waals surface area contributed by atoms with Crippen LogP contribution in [0.5, 0.6) is 5.75 Å². The summed E-state index contributed by atoms with van der Waals surface area (Å²) in [7, 11) is 0. The van der Waals surface area contributed by atoms with E-state index in [0.29, 0.717) is 0 Å². The lowest BCUT2D eigenvalue weighted by Gasteiger charge is -2.21. The molecule has 2 atom stereocenters. The molecule has 0 fully saturated rings. The molecular weight excluding hydrogens is 218 g/mol. The number of thiophene rings is 1. The van der Waals surface area contributed by atoms with Gasteiger partial charge >= 0.3 is 0 Å². The van der Waals surface area contributed by atoms with Crippen LogP contribution in [0, 0.1) is 0 Å². The molecule has 84 valence electrons. The number of hydrogen-bond acceptors (Lipinski definition) is 3. The minimum absolute atomic E-state index is 0.0288. The summed E-state index contributed by atoms with van der Waals surface area (Å²) in [5.41, 5.74) is 5.96. The maximum atomic E-state index is 5.96. The molecule has 1 aromatic carbocycles. The van der Waals surface area contributed by atoms with Crippen LogP contribution < -0.4 is 10.5 Å². The molecule has 0 saturated carbocycles. The van der Waals surface area contributed by atoms with Crippen molar-refractivity contribution in [2.24, 2.45) is 5.73 Å². The number of rotatable bonds is 4. The van der Waals surface area contributed by atoms with E-state index in [2.05, 4.69) is 6.07 Å². The van der Waals surface area contributed by atoms with Gasteiger partial charge in [0.25, 0.3) is 0 Å². The van der Waals surface area contributed by atoms with E-state index in [1.807, 2.05) is 48.7 Å². The van der Waals surface area contributed by atoms with Gasteiger partial charge in [-0.1, -0.05) is 24.3 Å². The molecule has 0 amide bonds. The van der Waals surface area contributed by atoms with Crippen molar-refractivity contribution in [3.63, 3.8) is 0 Å². The summed E-state index contributed by atoms with van der Waals surface area (Å²) < 4.78 is 5.91. The van der Waals surface area contributed by atoms with Gasteiger partial charge in [0.1, 0.15) is 11.9 Å². The Hall–Kier alpha value is -1.32. The molecule has 2 nitrogen and oxygen atoms in total. The third-order valence-corrected chi connectivity index (χ3v) is 3.24. The average Bonchev–Trinajstić information content (AvgIpc) is 2.80. The Morgan fingerprint density at radius 3 is 2.44 bits per heavy atom. The van der Waals surface area contributed by atoms with E-state index in [9.17, 15) is 0 Å². The standard InChI is InChI=1S/C13H15NOS/c1-10(14)13(12-8-5-9-16-12)15-11-6-3-2-4-7-11/h2-10,13H,14H2,1H3. The number of hydrogen-bond donors (Lipinski definition) is 1. The maximum absolute atomic E-state index is 5.96. The van der Waals surface area contributed by atoms with Gasteiger partial charge in [0.2, 0.25) is 0 Å². The second kappa shape index (κ2) is 5.14. The average molecular weight is 233 g/mol. The van der Waals surface area contributed by atoms with Crippen molar-refractivity contribution >= 4 is 11.3 Å². The van der Waals surface area contributed by atoms with Crippen LogP contribution in [0.3, 0.4) is 0 Å². The summed E-state index contributed by atoms with van der Waals surface area (Å²) in [6, 6.07) is 13.8. The van der Waals surface area contributed by atoms with E-state index in [1.54, 1.807) is 11.3 Å². The van der Waals surface area contributed by atoms with E-state index >= 15 is 0 Å². The van der Waals surface area contributed by atoms with Crippen molar-refractivity contribution in [2.75, 3.05) is 0 Å². The Labute approximate surface area is 99.7 Å². The van der Waals surface area contributed by atoms with Crippen LogP contribution in [0.25, 0.3) is 0 Å². The van der Waals surface area contributed by atoms with Crippen LogP contribution in [-0.2, 0) is 0 Å². The molecule has 0 aliphatic carbocycles. The summed E-state index contributed by atoms with van der Waals surface area (Å²) in [5.74, 6) is 0.859. The van der Waals surface area contributed by atoms with Crippen molar-refractivity contribution in [1.82, 2.24) is 0 Å². The lowest BCUT2D eigenvalue weighted by molar-refractivity contribution is 0.184. The Kier molecular flexibility index (Phi) is 3.59. The molecule has 2 aromatic rings. The number of benzene rings is 1. The molecule has 2 rings (SSSR count). The second-order valence-electron chi connectivity index (χ2n) is 3.73. The summed E-state index contributed by atoms with van der Waals surface area (Å²) in [4.78, 5) is 1.17. The van der Waals surface area contributed by atoms with Crippen LogP contribution in [0.1, 0.15) is 17.9 Å². The third-order valence-electron chi connectivity index (χ3n) is 2.31. The predicted octanol–water partition coefficient (Wildman–Crippen LogP) is 3.22. The normalized spacial score (nSPS) is 14.4. The molecule has 0 radical (unpaired) electrons. The molecule has 0 spiro atoms. The van der Waals surface area contributed by atoms with Gasteiger partial charge in [0, 0.05) is 10.9 Å². The number of ether oxygens (including phenoxy) is 1. The van der Waals surface area contributed by atoms with Gasteiger partial charge in [-0.15, -0.1) is 11.3 Å². The monoisotopic (exact) mass is 233 g/mol. The summed E-state index contributed by atoms with van der Waals surface area (Å²) >= 11 is 1.67. The molecular formula is C13H15NOS. The molecule has 0 saturated heterocycles. The Morgan fingerprint density at radius 2 is 1.88 bits per heavy atom. The summed E-state index contributed by atoms with van der Waals surface area (Å²) in [6.07, 6.45) is -0.0672. The first-order valence-corrected chi connectivity index (χ1v) is 6.16. The van der Waals surface area contributed by atoms with Gasteiger partial charge in [-0.25, -0.2) is 0 Å². The molecule has 0 aliphatic heterocycles. The van der Waals surface area contributed by atoms with E-state index in [4.69, 9.17) is 10.5 Å². The predicted molar refractivity (Wildman–Crippen MR) is 67.8 cm³/mol. The van der Waals surface area contributed by atoms with Gasteiger partial charge in [-0.2, -0.15) is 0 Å². The van der Waals surface area contributed by atoms with E-state index in [1.165, 1.54) is 4.88 Å². The van der Waals surface area contributed by atoms with Gasteiger partial charge in [0.05, 0.1) is 0 Å². The molecule has 3 heteroatoms. The smallest absolute Gasteiger partial charge is 0.148 e. The van der Waals surface area contributed by atoms with Gasteiger partial charge in [0.15, 0.2) is 0 Å². The molecule has 2 unspecified atom stereocenters. The van der Waals surface area contributed by atoms with E-state index in [-0.39, 0.29) is 12.1 Å². The quantitative estimate of drug-likeness (QED) is 0.880. The number of para-hydroxylation sites is 1. The first-order valence-electron chi connectivity index (χ1n) is 5.28. The van der Waals surface area contributed by atoms with Crippen molar-refractivity contribution in [3.05, 3.63) is 52.7 Å². The van der Waals surface area contributed by atoms with Crippen molar-refractivity contribution in [3.8, 4) is 5.75 Å². The Balaban J connectivity index is 2.16. The van der Waals surface area contributed by atoms with Crippen LogP contribution >= 0.6 is 11.3 Å².